The zero-order valence-electron chi connectivity index (χ0n) is 10.4. The van der Waals surface area contributed by atoms with Gasteiger partial charge in [-0.05, 0) is 17.9 Å². The van der Waals surface area contributed by atoms with Gasteiger partial charge in [0.1, 0.15) is 0 Å². The topological polar surface area (TPSA) is 29.9 Å². The van der Waals surface area contributed by atoms with Crippen LogP contribution in [0.25, 0.3) is 0 Å². The molecule has 0 atom stereocenters. The molecule has 0 saturated carbocycles. The molecular weight excluding hydrogens is 230 g/mol. The highest BCUT2D eigenvalue weighted by Gasteiger charge is 2.00. The lowest BCUT2D eigenvalue weighted by atomic mass is 10.3. The summed E-state index contributed by atoms with van der Waals surface area (Å²) in [4.78, 5) is 5.82. The lowest BCUT2D eigenvalue weighted by molar-refractivity contribution is 0.582. The van der Waals surface area contributed by atoms with E-state index in [1.807, 2.05) is 17.7 Å². The second-order valence-electron chi connectivity index (χ2n) is 4.47. The van der Waals surface area contributed by atoms with Crippen LogP contribution in [0.4, 0.5) is 0 Å². The summed E-state index contributed by atoms with van der Waals surface area (Å²) in [5.41, 5.74) is 1.12. The van der Waals surface area contributed by atoms with Gasteiger partial charge in [-0.3, -0.25) is 0 Å². The Kier molecular flexibility index (Phi) is 4.34. The largest absolute Gasteiger partial charge is 0.337 e. The standard InChI is InChI=1S/C13H19N3S/c1-11(2)14-8-12-9-16(10-15-12)6-5-13-4-3-7-17-13/h3-4,7,9-11,14H,5-6,8H2,1-2H3. The molecule has 2 aromatic heterocycles. The fourth-order valence-corrected chi connectivity index (χ4v) is 2.32. The maximum atomic E-state index is 4.39. The molecule has 1 N–H and O–H groups in total. The number of aromatic nitrogens is 2. The Balaban J connectivity index is 1.81. The number of aryl methyl sites for hydroxylation is 2. The summed E-state index contributed by atoms with van der Waals surface area (Å²) in [6.07, 6.45) is 5.14. The van der Waals surface area contributed by atoms with E-state index >= 15 is 0 Å². The van der Waals surface area contributed by atoms with Crippen LogP contribution in [0, 0.1) is 0 Å². The summed E-state index contributed by atoms with van der Waals surface area (Å²) in [7, 11) is 0. The third-order valence-electron chi connectivity index (χ3n) is 2.57. The molecule has 0 aliphatic heterocycles. The fraction of sp³-hybridized carbons (Fsp3) is 0.462. The number of rotatable bonds is 6. The summed E-state index contributed by atoms with van der Waals surface area (Å²) in [6, 6.07) is 4.79. The predicted octanol–water partition coefficient (Wildman–Crippen LogP) is 2.69. The molecule has 0 saturated heterocycles. The summed E-state index contributed by atoms with van der Waals surface area (Å²) < 4.78 is 2.16. The Morgan fingerprint density at radius 2 is 2.35 bits per heavy atom. The number of hydrogen-bond donors (Lipinski definition) is 1. The molecule has 0 spiro atoms. The zero-order valence-corrected chi connectivity index (χ0v) is 11.2. The first-order chi connectivity index (χ1) is 8.24. The van der Waals surface area contributed by atoms with E-state index in [2.05, 4.69) is 52.4 Å². The van der Waals surface area contributed by atoms with Gasteiger partial charge in [-0.15, -0.1) is 11.3 Å². The van der Waals surface area contributed by atoms with Crippen molar-refractivity contribution < 1.29 is 0 Å². The molecule has 0 aromatic carbocycles. The van der Waals surface area contributed by atoms with E-state index < -0.39 is 0 Å². The van der Waals surface area contributed by atoms with Gasteiger partial charge in [-0.1, -0.05) is 19.9 Å². The van der Waals surface area contributed by atoms with Crippen LogP contribution in [0.1, 0.15) is 24.4 Å². The monoisotopic (exact) mass is 249 g/mol. The molecule has 2 rings (SSSR count). The number of nitrogens with one attached hydrogen (secondary N) is 1. The lowest BCUT2D eigenvalue weighted by Crippen LogP contribution is -2.21. The second kappa shape index (κ2) is 5.98. The van der Waals surface area contributed by atoms with E-state index in [9.17, 15) is 0 Å². The van der Waals surface area contributed by atoms with Crippen LogP contribution in [0.5, 0.6) is 0 Å². The van der Waals surface area contributed by atoms with E-state index in [1.165, 1.54) is 4.88 Å². The van der Waals surface area contributed by atoms with Crippen molar-refractivity contribution in [3.63, 3.8) is 0 Å². The Hall–Kier alpha value is -1.13. The highest BCUT2D eigenvalue weighted by Crippen LogP contribution is 2.10. The number of hydrogen-bond acceptors (Lipinski definition) is 3. The molecule has 17 heavy (non-hydrogen) atoms. The van der Waals surface area contributed by atoms with Crippen molar-refractivity contribution in [1.82, 2.24) is 14.9 Å². The van der Waals surface area contributed by atoms with Crippen molar-refractivity contribution in [3.8, 4) is 0 Å². The minimum absolute atomic E-state index is 0.506. The van der Waals surface area contributed by atoms with Crippen LogP contribution in [0.3, 0.4) is 0 Å². The summed E-state index contributed by atoms with van der Waals surface area (Å²) >= 11 is 1.82. The Morgan fingerprint density at radius 3 is 3.06 bits per heavy atom. The van der Waals surface area contributed by atoms with Crippen LogP contribution in [0.2, 0.25) is 0 Å². The molecule has 0 amide bonds. The number of imidazole rings is 1. The summed E-state index contributed by atoms with van der Waals surface area (Å²) in [5.74, 6) is 0. The Bertz CT molecular complexity index is 431. The summed E-state index contributed by atoms with van der Waals surface area (Å²) in [6.45, 7) is 6.15. The number of nitrogens with zero attached hydrogens (tertiary/aromatic N) is 2. The first-order valence-electron chi connectivity index (χ1n) is 6.00. The fourth-order valence-electron chi connectivity index (χ4n) is 1.62. The average molecular weight is 249 g/mol. The van der Waals surface area contributed by atoms with Crippen molar-refractivity contribution in [2.75, 3.05) is 0 Å². The normalized spacial score (nSPS) is 11.2. The van der Waals surface area contributed by atoms with Gasteiger partial charge in [0.15, 0.2) is 0 Å². The van der Waals surface area contributed by atoms with Gasteiger partial charge < -0.3 is 9.88 Å². The van der Waals surface area contributed by atoms with Crippen molar-refractivity contribution >= 4 is 11.3 Å². The maximum absolute atomic E-state index is 4.39. The minimum atomic E-state index is 0.506. The molecule has 0 unspecified atom stereocenters. The Labute approximate surface area is 107 Å². The van der Waals surface area contributed by atoms with E-state index in [0.717, 1.165) is 25.2 Å². The summed E-state index contributed by atoms with van der Waals surface area (Å²) in [5, 5.41) is 5.50. The third-order valence-corrected chi connectivity index (χ3v) is 3.51. The highest BCUT2D eigenvalue weighted by atomic mass is 32.1. The van der Waals surface area contributed by atoms with Crippen LogP contribution in [0.15, 0.2) is 30.0 Å². The lowest BCUT2D eigenvalue weighted by Gasteiger charge is -2.04. The molecule has 3 nitrogen and oxygen atoms in total. The molecule has 4 heteroatoms. The second-order valence-corrected chi connectivity index (χ2v) is 5.50. The van der Waals surface area contributed by atoms with Crippen molar-refractivity contribution in [1.29, 1.82) is 0 Å². The first kappa shape index (κ1) is 12.3. The molecule has 0 aliphatic rings. The quantitative estimate of drug-likeness (QED) is 0.853. The molecule has 2 heterocycles. The van der Waals surface area contributed by atoms with Crippen molar-refractivity contribution in [2.45, 2.75) is 39.4 Å². The van der Waals surface area contributed by atoms with Crippen molar-refractivity contribution in [3.05, 3.63) is 40.6 Å². The molecule has 0 bridgehead atoms. The smallest absolute Gasteiger partial charge is 0.0950 e. The van der Waals surface area contributed by atoms with E-state index in [1.54, 1.807) is 0 Å². The average Bonchev–Trinajstić information content (AvgIpc) is 2.95. The van der Waals surface area contributed by atoms with Gasteiger partial charge >= 0.3 is 0 Å². The molecule has 2 aromatic rings. The number of thiophene rings is 1. The SMILES string of the molecule is CC(C)NCc1cn(CCc2cccs2)cn1. The molecule has 0 radical (unpaired) electrons. The molecule has 0 fully saturated rings. The van der Waals surface area contributed by atoms with Crippen LogP contribution in [-0.4, -0.2) is 15.6 Å². The van der Waals surface area contributed by atoms with E-state index in [4.69, 9.17) is 0 Å². The maximum Gasteiger partial charge on any atom is 0.0950 e. The Morgan fingerprint density at radius 1 is 1.47 bits per heavy atom. The van der Waals surface area contributed by atoms with Crippen LogP contribution in [-0.2, 0) is 19.5 Å². The zero-order chi connectivity index (χ0) is 12.1. The highest BCUT2D eigenvalue weighted by molar-refractivity contribution is 7.09. The minimum Gasteiger partial charge on any atom is -0.337 e. The molecular formula is C13H19N3S. The van der Waals surface area contributed by atoms with Gasteiger partial charge in [0.05, 0.1) is 12.0 Å². The molecule has 0 aliphatic carbocycles. The third kappa shape index (κ3) is 3.98. The van der Waals surface area contributed by atoms with Gasteiger partial charge in [0, 0.05) is 30.2 Å². The van der Waals surface area contributed by atoms with Gasteiger partial charge in [-0.25, -0.2) is 4.98 Å². The first-order valence-corrected chi connectivity index (χ1v) is 6.88. The predicted molar refractivity (Wildman–Crippen MR) is 72.2 cm³/mol. The van der Waals surface area contributed by atoms with Gasteiger partial charge in [0.2, 0.25) is 0 Å². The van der Waals surface area contributed by atoms with Gasteiger partial charge in [-0.2, -0.15) is 0 Å². The van der Waals surface area contributed by atoms with E-state index in [0.29, 0.717) is 6.04 Å². The van der Waals surface area contributed by atoms with E-state index in [-0.39, 0.29) is 0 Å². The van der Waals surface area contributed by atoms with Crippen molar-refractivity contribution in [2.24, 2.45) is 0 Å². The van der Waals surface area contributed by atoms with Gasteiger partial charge in [0.25, 0.3) is 0 Å². The van der Waals surface area contributed by atoms with Crippen LogP contribution < -0.4 is 5.32 Å². The van der Waals surface area contributed by atoms with Crippen LogP contribution >= 0.6 is 11.3 Å². The molecule has 92 valence electrons.